The van der Waals surface area contributed by atoms with E-state index >= 15 is 0 Å². The summed E-state index contributed by atoms with van der Waals surface area (Å²) < 4.78 is 24.0. The standard InChI is InChI=1S/C6H12ClNO2S2/c1-6-4-8(2-3-11-6)12(9,10)5-7/h6H,2-5H2,1H3. The number of hydrogen-bond donors (Lipinski definition) is 0. The molecule has 0 N–H and O–H groups in total. The van der Waals surface area contributed by atoms with E-state index in [1.807, 2.05) is 6.92 Å². The van der Waals surface area contributed by atoms with Crippen LogP contribution in [0.3, 0.4) is 0 Å². The fourth-order valence-corrected chi connectivity index (χ4v) is 3.70. The van der Waals surface area contributed by atoms with Gasteiger partial charge in [-0.05, 0) is 0 Å². The molecule has 0 aromatic heterocycles. The van der Waals surface area contributed by atoms with Gasteiger partial charge < -0.3 is 0 Å². The van der Waals surface area contributed by atoms with Crippen LogP contribution in [0.5, 0.6) is 0 Å². The lowest BCUT2D eigenvalue weighted by Crippen LogP contribution is -2.41. The van der Waals surface area contributed by atoms with Gasteiger partial charge in [-0.15, -0.1) is 11.6 Å². The van der Waals surface area contributed by atoms with Gasteiger partial charge in [-0.2, -0.15) is 16.1 Å². The average Bonchev–Trinajstić information content (AvgIpc) is 2.05. The summed E-state index contributed by atoms with van der Waals surface area (Å²) in [6, 6.07) is 0. The molecule has 1 fully saturated rings. The second-order valence-electron chi connectivity index (χ2n) is 2.76. The third-order valence-electron chi connectivity index (χ3n) is 1.74. The quantitative estimate of drug-likeness (QED) is 0.662. The first-order valence-electron chi connectivity index (χ1n) is 3.71. The second kappa shape index (κ2) is 4.17. The van der Waals surface area contributed by atoms with Gasteiger partial charge >= 0.3 is 0 Å². The maximum atomic E-state index is 11.3. The minimum atomic E-state index is -3.17. The van der Waals surface area contributed by atoms with Gasteiger partial charge in [-0.3, -0.25) is 0 Å². The van der Waals surface area contributed by atoms with Crippen molar-refractivity contribution in [2.75, 3.05) is 24.1 Å². The summed E-state index contributed by atoms with van der Waals surface area (Å²) in [6.45, 7) is 3.23. The van der Waals surface area contributed by atoms with Crippen molar-refractivity contribution in [2.24, 2.45) is 0 Å². The summed E-state index contributed by atoms with van der Waals surface area (Å²) in [5.74, 6) is 0.872. The summed E-state index contributed by atoms with van der Waals surface area (Å²) in [5, 5.41) is 0.0847. The fraction of sp³-hybridized carbons (Fsp3) is 1.00. The molecule has 1 atom stereocenters. The third-order valence-corrected chi connectivity index (χ3v) is 5.09. The van der Waals surface area contributed by atoms with Crippen molar-refractivity contribution in [3.8, 4) is 0 Å². The van der Waals surface area contributed by atoms with Crippen molar-refractivity contribution in [1.29, 1.82) is 0 Å². The predicted molar refractivity (Wildman–Crippen MR) is 53.1 cm³/mol. The molecule has 1 unspecified atom stereocenters. The van der Waals surface area contributed by atoms with E-state index in [9.17, 15) is 8.42 Å². The maximum absolute atomic E-state index is 11.3. The normalized spacial score (nSPS) is 27.3. The average molecular weight is 230 g/mol. The van der Waals surface area contributed by atoms with Gasteiger partial charge in [0, 0.05) is 24.1 Å². The molecule has 0 spiro atoms. The predicted octanol–water partition coefficient (Wildman–Crippen LogP) is 0.950. The molecule has 1 aliphatic rings. The van der Waals surface area contributed by atoms with E-state index in [0.29, 0.717) is 18.3 Å². The lowest BCUT2D eigenvalue weighted by Gasteiger charge is -2.28. The molecule has 72 valence electrons. The van der Waals surface area contributed by atoms with E-state index in [0.717, 1.165) is 5.75 Å². The minimum Gasteiger partial charge on any atom is -0.211 e. The van der Waals surface area contributed by atoms with Crippen LogP contribution in [0.4, 0.5) is 0 Å². The molecule has 0 bridgehead atoms. The van der Waals surface area contributed by atoms with E-state index in [4.69, 9.17) is 11.6 Å². The summed E-state index contributed by atoms with van der Waals surface area (Å²) in [7, 11) is -3.17. The number of thioether (sulfide) groups is 1. The van der Waals surface area contributed by atoms with Crippen LogP contribution in [0.1, 0.15) is 6.92 Å². The van der Waals surface area contributed by atoms with Crippen molar-refractivity contribution in [1.82, 2.24) is 4.31 Å². The first-order chi connectivity index (χ1) is 5.56. The van der Waals surface area contributed by atoms with Crippen LogP contribution in [0.25, 0.3) is 0 Å². The Hall–Kier alpha value is 0.550. The Kier molecular flexibility index (Phi) is 3.70. The Bertz CT molecular complexity index is 242. The SMILES string of the molecule is CC1CN(S(=O)(=O)CCl)CCS1. The fourth-order valence-electron chi connectivity index (χ4n) is 1.11. The number of rotatable bonds is 2. The molecule has 0 amide bonds. The lowest BCUT2D eigenvalue weighted by atomic mass is 10.4. The molecule has 3 nitrogen and oxygen atoms in total. The van der Waals surface area contributed by atoms with Crippen LogP contribution in [0, 0.1) is 0 Å². The van der Waals surface area contributed by atoms with Crippen molar-refractivity contribution in [3.05, 3.63) is 0 Å². The largest absolute Gasteiger partial charge is 0.228 e. The molecular formula is C6H12ClNO2S2. The molecule has 1 heterocycles. The molecule has 0 saturated carbocycles. The number of nitrogens with zero attached hydrogens (tertiary/aromatic N) is 1. The zero-order valence-electron chi connectivity index (χ0n) is 6.86. The van der Waals surface area contributed by atoms with E-state index in [1.165, 1.54) is 4.31 Å². The smallest absolute Gasteiger partial charge is 0.211 e. The molecule has 6 heteroatoms. The van der Waals surface area contributed by atoms with E-state index in [2.05, 4.69) is 0 Å². The van der Waals surface area contributed by atoms with E-state index < -0.39 is 10.0 Å². The molecular weight excluding hydrogens is 218 g/mol. The Balaban J connectivity index is 2.63. The molecule has 1 aliphatic heterocycles. The van der Waals surface area contributed by atoms with Gasteiger partial charge in [0.1, 0.15) is 5.21 Å². The Morgan fingerprint density at radius 2 is 2.33 bits per heavy atom. The van der Waals surface area contributed by atoms with Gasteiger partial charge in [-0.25, -0.2) is 8.42 Å². The van der Waals surface area contributed by atoms with E-state index in [-0.39, 0.29) is 5.21 Å². The highest BCUT2D eigenvalue weighted by Gasteiger charge is 2.26. The minimum absolute atomic E-state index is 0.301. The Morgan fingerprint density at radius 3 is 2.83 bits per heavy atom. The van der Waals surface area contributed by atoms with Crippen molar-refractivity contribution >= 4 is 33.4 Å². The van der Waals surface area contributed by atoms with Crippen molar-refractivity contribution in [2.45, 2.75) is 12.2 Å². The van der Waals surface area contributed by atoms with Crippen LogP contribution >= 0.6 is 23.4 Å². The van der Waals surface area contributed by atoms with Crippen LogP contribution in [0.15, 0.2) is 0 Å². The monoisotopic (exact) mass is 229 g/mol. The van der Waals surface area contributed by atoms with Gasteiger partial charge in [0.2, 0.25) is 10.0 Å². The summed E-state index contributed by atoms with van der Waals surface area (Å²) >= 11 is 7.14. The highest BCUT2D eigenvalue weighted by molar-refractivity contribution is 8.00. The van der Waals surface area contributed by atoms with Crippen LogP contribution in [0.2, 0.25) is 0 Å². The highest BCUT2D eigenvalue weighted by Crippen LogP contribution is 2.20. The molecule has 0 radical (unpaired) electrons. The molecule has 1 rings (SSSR count). The zero-order valence-corrected chi connectivity index (χ0v) is 9.25. The number of alkyl halides is 1. The van der Waals surface area contributed by atoms with Crippen molar-refractivity contribution < 1.29 is 8.42 Å². The molecule has 12 heavy (non-hydrogen) atoms. The van der Waals surface area contributed by atoms with Crippen LogP contribution < -0.4 is 0 Å². The molecule has 0 aliphatic carbocycles. The number of hydrogen-bond acceptors (Lipinski definition) is 3. The van der Waals surface area contributed by atoms with Crippen LogP contribution in [-0.2, 0) is 10.0 Å². The second-order valence-corrected chi connectivity index (χ2v) is 6.86. The van der Waals surface area contributed by atoms with Crippen LogP contribution in [-0.4, -0.2) is 42.0 Å². The third kappa shape index (κ3) is 2.52. The van der Waals surface area contributed by atoms with Gasteiger partial charge in [0.05, 0.1) is 0 Å². The zero-order chi connectivity index (χ0) is 9.19. The summed E-state index contributed by atoms with van der Waals surface area (Å²) in [4.78, 5) is 0. The molecule has 1 saturated heterocycles. The topological polar surface area (TPSA) is 37.4 Å². The van der Waals surface area contributed by atoms with Crippen molar-refractivity contribution in [3.63, 3.8) is 0 Å². The summed E-state index contributed by atoms with van der Waals surface area (Å²) in [6.07, 6.45) is 0. The van der Waals surface area contributed by atoms with E-state index in [1.54, 1.807) is 11.8 Å². The van der Waals surface area contributed by atoms with Gasteiger partial charge in [0.25, 0.3) is 0 Å². The maximum Gasteiger partial charge on any atom is 0.228 e. The lowest BCUT2D eigenvalue weighted by molar-refractivity contribution is 0.427. The molecule has 0 aromatic rings. The Labute approximate surface area is 82.5 Å². The first kappa shape index (κ1) is 10.6. The Morgan fingerprint density at radius 1 is 1.67 bits per heavy atom. The highest BCUT2D eigenvalue weighted by atomic mass is 35.5. The number of halogens is 1. The molecule has 0 aromatic carbocycles. The number of sulfonamides is 1. The van der Waals surface area contributed by atoms with Gasteiger partial charge in [-0.1, -0.05) is 6.92 Å². The first-order valence-corrected chi connectivity index (χ1v) is 6.91. The summed E-state index contributed by atoms with van der Waals surface area (Å²) in [5.41, 5.74) is 0. The van der Waals surface area contributed by atoms with Gasteiger partial charge in [0.15, 0.2) is 0 Å².